The number of carbonyl (C=O) groups is 1. The van der Waals surface area contributed by atoms with Crippen LogP contribution in [0.4, 0.5) is 18.9 Å². The van der Waals surface area contributed by atoms with E-state index in [2.05, 4.69) is 33.0 Å². The average molecular weight is 403 g/mol. The molecule has 0 saturated carbocycles. The van der Waals surface area contributed by atoms with Gasteiger partial charge in [-0.2, -0.15) is 13.2 Å². The van der Waals surface area contributed by atoms with E-state index in [9.17, 15) is 18.0 Å². The Hall–Kier alpha value is -2.28. The number of anilines is 1. The lowest BCUT2D eigenvalue weighted by molar-refractivity contribution is -0.137. The van der Waals surface area contributed by atoms with Gasteiger partial charge in [0.05, 0.1) is 17.2 Å². The number of amides is 1. The highest BCUT2D eigenvalue weighted by Crippen LogP contribution is 2.51. The standard InChI is InChI=1S/C22H25BF3NO2/c1-13-9-10-14(11-17(13)18-23-20(2,3)21(4,5)29-18)19(28)27-16-8-6-7-15(12-16)22(24,25)26/h6-12,18,23H,1-5H3,(H,27,28). The van der Waals surface area contributed by atoms with E-state index in [1.807, 2.05) is 13.0 Å². The van der Waals surface area contributed by atoms with E-state index in [1.54, 1.807) is 12.1 Å². The first-order valence-corrected chi connectivity index (χ1v) is 9.57. The number of hydrogen-bond acceptors (Lipinski definition) is 2. The Morgan fingerprint density at radius 3 is 2.38 bits per heavy atom. The monoisotopic (exact) mass is 403 g/mol. The fourth-order valence-corrected chi connectivity index (χ4v) is 3.54. The Bertz CT molecular complexity index is 922. The van der Waals surface area contributed by atoms with Crippen LogP contribution in [0.1, 0.15) is 60.7 Å². The second kappa shape index (κ2) is 7.20. The van der Waals surface area contributed by atoms with E-state index in [0.29, 0.717) is 5.56 Å². The van der Waals surface area contributed by atoms with Crippen LogP contribution in [-0.2, 0) is 10.9 Å². The van der Waals surface area contributed by atoms with E-state index < -0.39 is 17.6 Å². The van der Waals surface area contributed by atoms with Crippen LogP contribution in [0.5, 0.6) is 0 Å². The number of nitrogens with one attached hydrogen (secondary N) is 1. The van der Waals surface area contributed by atoms with Gasteiger partial charge in [0, 0.05) is 11.3 Å². The molecule has 3 rings (SSSR count). The van der Waals surface area contributed by atoms with Gasteiger partial charge in [-0.15, -0.1) is 0 Å². The van der Waals surface area contributed by atoms with Crippen LogP contribution in [-0.4, -0.2) is 18.8 Å². The van der Waals surface area contributed by atoms with Crippen molar-refractivity contribution in [2.45, 2.75) is 57.7 Å². The lowest BCUT2D eigenvalue weighted by atomic mass is 9.47. The maximum atomic E-state index is 12.9. The summed E-state index contributed by atoms with van der Waals surface area (Å²) in [5.41, 5.74) is 1.32. The zero-order chi connectivity index (χ0) is 21.6. The number of ether oxygens (including phenoxy) is 1. The van der Waals surface area contributed by atoms with Crippen molar-refractivity contribution in [1.29, 1.82) is 0 Å². The summed E-state index contributed by atoms with van der Waals surface area (Å²) in [5, 5.41) is 2.53. The van der Waals surface area contributed by atoms with Gasteiger partial charge in [0.1, 0.15) is 0 Å². The van der Waals surface area contributed by atoms with Crippen LogP contribution >= 0.6 is 0 Å². The van der Waals surface area contributed by atoms with Gasteiger partial charge < -0.3 is 10.1 Å². The number of carbonyl (C=O) groups excluding carboxylic acids is 1. The van der Waals surface area contributed by atoms with Crippen molar-refractivity contribution in [2.75, 3.05) is 5.32 Å². The van der Waals surface area contributed by atoms with Gasteiger partial charge in [-0.1, -0.05) is 26.0 Å². The molecule has 2 aromatic rings. The molecule has 0 spiro atoms. The maximum absolute atomic E-state index is 12.9. The first-order chi connectivity index (χ1) is 13.3. The molecule has 0 aliphatic carbocycles. The molecule has 0 radical (unpaired) electrons. The maximum Gasteiger partial charge on any atom is 0.416 e. The highest BCUT2D eigenvalue weighted by molar-refractivity contribution is 6.43. The molecule has 0 bridgehead atoms. The topological polar surface area (TPSA) is 38.3 Å². The predicted octanol–water partition coefficient (Wildman–Crippen LogP) is 5.71. The third-order valence-electron chi connectivity index (χ3n) is 6.10. The number of alkyl halides is 3. The number of benzene rings is 2. The zero-order valence-corrected chi connectivity index (χ0v) is 17.3. The van der Waals surface area contributed by atoms with Crippen molar-refractivity contribution in [3.63, 3.8) is 0 Å². The van der Waals surface area contributed by atoms with Crippen molar-refractivity contribution < 1.29 is 22.7 Å². The first kappa shape index (κ1) is 21.4. The minimum Gasteiger partial charge on any atom is -0.377 e. The fraction of sp³-hybridized carbons (Fsp3) is 0.409. The molecule has 1 amide bonds. The molecule has 29 heavy (non-hydrogen) atoms. The Kier molecular flexibility index (Phi) is 5.32. The summed E-state index contributed by atoms with van der Waals surface area (Å²) >= 11 is 0. The van der Waals surface area contributed by atoms with Crippen LogP contribution in [0.2, 0.25) is 5.31 Å². The van der Waals surface area contributed by atoms with Crippen LogP contribution in [0.15, 0.2) is 42.5 Å². The Balaban J connectivity index is 1.84. The van der Waals surface area contributed by atoms with E-state index >= 15 is 0 Å². The molecule has 154 valence electrons. The summed E-state index contributed by atoms with van der Waals surface area (Å²) in [6.45, 7) is 10.4. The highest BCUT2D eigenvalue weighted by atomic mass is 19.4. The lowest BCUT2D eigenvalue weighted by Crippen LogP contribution is -2.31. The Morgan fingerprint density at radius 2 is 1.79 bits per heavy atom. The molecule has 3 nitrogen and oxygen atoms in total. The number of rotatable bonds is 3. The van der Waals surface area contributed by atoms with E-state index in [0.717, 1.165) is 30.5 Å². The molecule has 1 saturated heterocycles. The number of aryl methyl sites for hydroxylation is 1. The van der Waals surface area contributed by atoms with E-state index in [4.69, 9.17) is 4.74 Å². The molecule has 1 heterocycles. The smallest absolute Gasteiger partial charge is 0.377 e. The van der Waals surface area contributed by atoms with Crippen molar-refractivity contribution in [3.8, 4) is 0 Å². The van der Waals surface area contributed by atoms with Crippen LogP contribution in [0.25, 0.3) is 0 Å². The van der Waals surface area contributed by atoms with Gasteiger partial charge in [0.15, 0.2) is 7.28 Å². The quantitative estimate of drug-likeness (QED) is 0.667. The highest BCUT2D eigenvalue weighted by Gasteiger charge is 2.49. The van der Waals surface area contributed by atoms with Gasteiger partial charge >= 0.3 is 6.18 Å². The van der Waals surface area contributed by atoms with Crippen molar-refractivity contribution >= 4 is 18.9 Å². The van der Waals surface area contributed by atoms with Crippen molar-refractivity contribution in [1.82, 2.24) is 0 Å². The van der Waals surface area contributed by atoms with Crippen molar-refractivity contribution in [2.24, 2.45) is 0 Å². The normalized spacial score (nSPS) is 20.2. The van der Waals surface area contributed by atoms with Gasteiger partial charge in [-0.25, -0.2) is 0 Å². The number of halogens is 3. The van der Waals surface area contributed by atoms with Gasteiger partial charge in [-0.05, 0) is 67.5 Å². The second-order valence-corrected chi connectivity index (χ2v) is 8.81. The van der Waals surface area contributed by atoms with Gasteiger partial charge in [0.2, 0.25) is 0 Å². The molecule has 1 unspecified atom stereocenters. The second-order valence-electron chi connectivity index (χ2n) is 8.81. The zero-order valence-electron chi connectivity index (χ0n) is 17.3. The van der Waals surface area contributed by atoms with Crippen LogP contribution < -0.4 is 5.32 Å². The molecule has 2 aromatic carbocycles. The lowest BCUT2D eigenvalue weighted by Gasteiger charge is -2.33. The molecule has 1 aliphatic heterocycles. The minimum atomic E-state index is -4.46. The SMILES string of the molecule is Cc1ccc(C(=O)Nc2cccc(C(F)(F)F)c2)cc1C1BC(C)(C)C(C)(C)O1. The third kappa shape index (κ3) is 4.35. The Labute approximate surface area is 169 Å². The first-order valence-electron chi connectivity index (χ1n) is 9.57. The summed E-state index contributed by atoms with van der Waals surface area (Å²) in [7, 11) is 0.819. The molecule has 1 N–H and O–H groups in total. The molecule has 1 fully saturated rings. The minimum absolute atomic E-state index is 0.0274. The van der Waals surface area contributed by atoms with Gasteiger partial charge in [0.25, 0.3) is 5.91 Å². The molecule has 7 heteroatoms. The molecular weight excluding hydrogens is 378 g/mol. The van der Waals surface area contributed by atoms with Crippen LogP contribution in [0, 0.1) is 6.92 Å². The number of hydrogen-bond donors (Lipinski definition) is 1. The summed E-state index contributed by atoms with van der Waals surface area (Å²) in [6.07, 6.45) is -4.46. The largest absolute Gasteiger partial charge is 0.416 e. The third-order valence-corrected chi connectivity index (χ3v) is 6.10. The summed E-state index contributed by atoms with van der Waals surface area (Å²) < 4.78 is 45.0. The molecule has 1 atom stereocenters. The molecule has 1 aliphatic rings. The molecule has 0 aromatic heterocycles. The fourth-order valence-electron chi connectivity index (χ4n) is 3.54. The Morgan fingerprint density at radius 1 is 1.10 bits per heavy atom. The summed E-state index contributed by atoms with van der Waals surface area (Å²) in [6, 6.07) is 9.77. The molecular formula is C22H25BF3NO2. The summed E-state index contributed by atoms with van der Waals surface area (Å²) in [5.74, 6) is -0.456. The average Bonchev–Trinajstić information content (AvgIpc) is 2.82. The van der Waals surface area contributed by atoms with Crippen molar-refractivity contribution in [3.05, 3.63) is 64.7 Å². The summed E-state index contributed by atoms with van der Waals surface area (Å²) in [4.78, 5) is 12.7. The van der Waals surface area contributed by atoms with E-state index in [-0.39, 0.29) is 22.6 Å². The predicted molar refractivity (Wildman–Crippen MR) is 110 cm³/mol. The van der Waals surface area contributed by atoms with Crippen LogP contribution in [0.3, 0.4) is 0 Å². The van der Waals surface area contributed by atoms with E-state index in [1.165, 1.54) is 12.1 Å². The van der Waals surface area contributed by atoms with Gasteiger partial charge in [-0.3, -0.25) is 4.79 Å².